The number of hydrogen-bond acceptors (Lipinski definition) is 3. The first-order chi connectivity index (χ1) is 13.2. The zero-order valence-electron chi connectivity index (χ0n) is 15.7. The summed E-state index contributed by atoms with van der Waals surface area (Å²) in [6.07, 6.45) is 8.29. The molecule has 0 fully saturated rings. The second-order valence-electron chi connectivity index (χ2n) is 6.32. The van der Waals surface area contributed by atoms with Crippen molar-refractivity contribution in [3.8, 4) is 5.75 Å². The molecular weight excluding hydrogens is 342 g/mol. The van der Waals surface area contributed by atoms with Gasteiger partial charge in [0.15, 0.2) is 0 Å². The average Bonchev–Trinajstić information content (AvgIpc) is 3.33. The largest absolute Gasteiger partial charge is 0.495 e. The van der Waals surface area contributed by atoms with E-state index in [-0.39, 0.29) is 6.03 Å². The van der Waals surface area contributed by atoms with Gasteiger partial charge >= 0.3 is 6.03 Å². The highest BCUT2D eigenvalue weighted by Gasteiger charge is 2.16. The number of ether oxygens (including phenoxy) is 1. The average molecular weight is 367 g/mol. The molecule has 142 valence electrons. The second kappa shape index (κ2) is 8.93. The Morgan fingerprint density at radius 2 is 2.07 bits per heavy atom. The first-order valence-corrected chi connectivity index (χ1v) is 8.92. The molecule has 7 heteroatoms. The molecule has 0 bridgehead atoms. The van der Waals surface area contributed by atoms with Crippen LogP contribution in [0.2, 0.25) is 0 Å². The second-order valence-corrected chi connectivity index (χ2v) is 6.32. The molecule has 0 aliphatic carbocycles. The number of nitrogens with zero attached hydrogens (tertiary/aromatic N) is 4. The number of urea groups is 1. The summed E-state index contributed by atoms with van der Waals surface area (Å²) in [6.45, 7) is 1.98. The van der Waals surface area contributed by atoms with Gasteiger partial charge in [-0.05, 0) is 30.7 Å². The molecule has 1 N–H and O–H groups in total. The lowest BCUT2D eigenvalue weighted by Gasteiger charge is -2.24. The van der Waals surface area contributed by atoms with Crippen molar-refractivity contribution in [3.63, 3.8) is 0 Å². The van der Waals surface area contributed by atoms with Crippen molar-refractivity contribution < 1.29 is 9.53 Å². The zero-order valence-corrected chi connectivity index (χ0v) is 15.7. The van der Waals surface area contributed by atoms with Crippen LogP contribution in [0.4, 0.5) is 10.5 Å². The normalized spacial score (nSPS) is 10.6. The fraction of sp³-hybridized carbons (Fsp3) is 0.300. The molecule has 2 aromatic heterocycles. The van der Waals surface area contributed by atoms with Gasteiger partial charge < -0.3 is 24.1 Å². The van der Waals surface area contributed by atoms with Crippen molar-refractivity contribution >= 4 is 11.7 Å². The summed E-state index contributed by atoms with van der Waals surface area (Å²) in [5, 5.41) is 2.97. The van der Waals surface area contributed by atoms with E-state index in [2.05, 4.69) is 10.3 Å². The molecule has 0 radical (unpaired) electrons. The van der Waals surface area contributed by atoms with Gasteiger partial charge in [0.05, 0.1) is 25.7 Å². The maximum atomic E-state index is 12.9. The number of benzene rings is 1. The lowest BCUT2D eigenvalue weighted by atomic mass is 10.3. The SMILES string of the molecule is COc1ccccc1NC(=O)N(CCCn1ccnc1)Cc1cccn1C. The van der Waals surface area contributed by atoms with E-state index < -0.39 is 0 Å². The predicted molar refractivity (Wildman–Crippen MR) is 105 cm³/mol. The summed E-state index contributed by atoms with van der Waals surface area (Å²) in [5.74, 6) is 0.642. The van der Waals surface area contributed by atoms with E-state index in [1.807, 2.05) is 69.9 Å². The van der Waals surface area contributed by atoms with Gasteiger partial charge in [0.25, 0.3) is 0 Å². The number of carbonyl (C=O) groups excluding carboxylic acids is 1. The lowest BCUT2D eigenvalue weighted by molar-refractivity contribution is 0.206. The number of aromatic nitrogens is 3. The Hall–Kier alpha value is -3.22. The molecule has 0 saturated heterocycles. The molecule has 3 aromatic rings. The van der Waals surface area contributed by atoms with Crippen LogP contribution in [0.5, 0.6) is 5.75 Å². The molecule has 2 heterocycles. The summed E-state index contributed by atoms with van der Waals surface area (Å²) in [7, 11) is 3.58. The summed E-state index contributed by atoms with van der Waals surface area (Å²) < 4.78 is 9.37. The third-order valence-corrected chi connectivity index (χ3v) is 4.44. The van der Waals surface area contributed by atoms with E-state index in [0.717, 1.165) is 18.7 Å². The molecule has 0 unspecified atom stereocenters. The number of methoxy groups -OCH3 is 1. The summed E-state index contributed by atoms with van der Waals surface area (Å²) in [4.78, 5) is 18.8. The third-order valence-electron chi connectivity index (χ3n) is 4.44. The summed E-state index contributed by atoms with van der Waals surface area (Å²) in [6, 6.07) is 11.3. The number of aryl methyl sites for hydroxylation is 2. The molecule has 3 rings (SSSR count). The Morgan fingerprint density at radius 1 is 1.22 bits per heavy atom. The standard InChI is InChI=1S/C20H25N5O2/c1-23-11-5-7-17(23)15-25(13-6-12-24-14-10-21-16-24)20(26)22-18-8-3-4-9-19(18)27-2/h3-5,7-11,14,16H,6,12-13,15H2,1-2H3,(H,22,26). The number of carbonyl (C=O) groups is 1. The van der Waals surface area contributed by atoms with E-state index in [1.54, 1.807) is 19.6 Å². The van der Waals surface area contributed by atoms with Crippen molar-refractivity contribution in [2.24, 2.45) is 7.05 Å². The molecule has 2 amide bonds. The molecule has 27 heavy (non-hydrogen) atoms. The van der Waals surface area contributed by atoms with Gasteiger partial charge in [0, 0.05) is 44.4 Å². The Labute approximate surface area is 159 Å². The number of amides is 2. The minimum atomic E-state index is -0.147. The van der Waals surface area contributed by atoms with Crippen LogP contribution in [0.3, 0.4) is 0 Å². The zero-order chi connectivity index (χ0) is 19.1. The highest BCUT2D eigenvalue weighted by molar-refractivity contribution is 5.90. The Morgan fingerprint density at radius 3 is 2.78 bits per heavy atom. The van der Waals surface area contributed by atoms with E-state index in [1.165, 1.54) is 0 Å². The Bertz CT molecular complexity index is 857. The number of rotatable bonds is 8. The topological polar surface area (TPSA) is 64.3 Å². The van der Waals surface area contributed by atoms with Crippen LogP contribution in [-0.2, 0) is 20.1 Å². The highest BCUT2D eigenvalue weighted by Crippen LogP contribution is 2.23. The van der Waals surface area contributed by atoms with Gasteiger partial charge in [-0.15, -0.1) is 0 Å². The van der Waals surface area contributed by atoms with Crippen LogP contribution in [0.15, 0.2) is 61.3 Å². The Kier molecular flexibility index (Phi) is 6.14. The first kappa shape index (κ1) is 18.6. The van der Waals surface area contributed by atoms with Gasteiger partial charge in [-0.2, -0.15) is 0 Å². The van der Waals surface area contributed by atoms with Crippen molar-refractivity contribution in [2.45, 2.75) is 19.5 Å². The van der Waals surface area contributed by atoms with Gasteiger partial charge in [0.1, 0.15) is 5.75 Å². The number of anilines is 1. The quantitative estimate of drug-likeness (QED) is 0.664. The van der Waals surface area contributed by atoms with Crippen LogP contribution in [0.1, 0.15) is 12.1 Å². The van der Waals surface area contributed by atoms with Crippen molar-refractivity contribution in [1.29, 1.82) is 0 Å². The van der Waals surface area contributed by atoms with Crippen LogP contribution in [0, 0.1) is 0 Å². The first-order valence-electron chi connectivity index (χ1n) is 8.92. The van der Waals surface area contributed by atoms with E-state index in [0.29, 0.717) is 24.5 Å². The van der Waals surface area contributed by atoms with Crippen LogP contribution in [0.25, 0.3) is 0 Å². The highest BCUT2D eigenvalue weighted by atomic mass is 16.5. The predicted octanol–water partition coefficient (Wildman–Crippen LogP) is 3.35. The molecule has 0 saturated carbocycles. The molecule has 0 aliphatic heterocycles. The molecule has 0 aliphatic rings. The number of para-hydroxylation sites is 2. The molecular formula is C20H25N5O2. The van der Waals surface area contributed by atoms with E-state index >= 15 is 0 Å². The summed E-state index contributed by atoms with van der Waals surface area (Å²) in [5.41, 5.74) is 1.74. The van der Waals surface area contributed by atoms with Crippen molar-refractivity contribution in [2.75, 3.05) is 19.0 Å². The minimum absolute atomic E-state index is 0.147. The molecule has 0 atom stereocenters. The molecule has 7 nitrogen and oxygen atoms in total. The number of hydrogen-bond donors (Lipinski definition) is 1. The number of imidazole rings is 1. The van der Waals surface area contributed by atoms with Gasteiger partial charge in [0.2, 0.25) is 0 Å². The van der Waals surface area contributed by atoms with Crippen LogP contribution in [-0.4, -0.2) is 38.7 Å². The van der Waals surface area contributed by atoms with E-state index in [9.17, 15) is 4.79 Å². The Balaban J connectivity index is 1.69. The fourth-order valence-corrected chi connectivity index (χ4v) is 2.91. The monoisotopic (exact) mass is 367 g/mol. The minimum Gasteiger partial charge on any atom is -0.495 e. The van der Waals surface area contributed by atoms with Crippen LogP contribution < -0.4 is 10.1 Å². The lowest BCUT2D eigenvalue weighted by Crippen LogP contribution is -2.36. The van der Waals surface area contributed by atoms with Crippen LogP contribution >= 0.6 is 0 Å². The fourth-order valence-electron chi connectivity index (χ4n) is 2.91. The van der Waals surface area contributed by atoms with E-state index in [4.69, 9.17) is 4.74 Å². The van der Waals surface area contributed by atoms with Gasteiger partial charge in [-0.1, -0.05) is 12.1 Å². The maximum Gasteiger partial charge on any atom is 0.322 e. The van der Waals surface area contributed by atoms with Crippen molar-refractivity contribution in [1.82, 2.24) is 19.0 Å². The smallest absolute Gasteiger partial charge is 0.322 e. The van der Waals surface area contributed by atoms with Gasteiger partial charge in [-0.25, -0.2) is 9.78 Å². The summed E-state index contributed by atoms with van der Waals surface area (Å²) >= 11 is 0. The van der Waals surface area contributed by atoms with Gasteiger partial charge in [-0.3, -0.25) is 0 Å². The number of nitrogens with one attached hydrogen (secondary N) is 1. The molecule has 0 spiro atoms. The third kappa shape index (κ3) is 4.91. The molecule has 1 aromatic carbocycles. The van der Waals surface area contributed by atoms with Crippen molar-refractivity contribution in [3.05, 3.63) is 67.0 Å². The maximum absolute atomic E-state index is 12.9.